The van der Waals surface area contributed by atoms with Gasteiger partial charge >= 0.3 is 0 Å². The van der Waals surface area contributed by atoms with Gasteiger partial charge in [-0.15, -0.1) is 0 Å². The van der Waals surface area contributed by atoms with Crippen LogP contribution in [-0.4, -0.2) is 6.71 Å². The molecule has 0 spiro atoms. The molecule has 1 aromatic heterocycles. The van der Waals surface area contributed by atoms with Gasteiger partial charge in [-0.1, -0.05) is 138 Å². The number of aryl methyl sites for hydroxylation is 1. The largest absolute Gasteiger partial charge is 0.468 e. The second-order valence-corrected chi connectivity index (χ2v) is 25.4. The van der Waals surface area contributed by atoms with Crippen LogP contribution >= 0.6 is 0 Å². The van der Waals surface area contributed by atoms with Gasteiger partial charge in [0.05, 0.1) is 11.3 Å². The Morgan fingerprint density at radius 3 is 1.57 bits per heavy atom. The molecule has 2 aliphatic heterocycles. The molecule has 3 aliphatic carbocycles. The van der Waals surface area contributed by atoms with E-state index in [9.17, 15) is 0 Å². The van der Waals surface area contributed by atoms with E-state index in [1.54, 1.807) is 0 Å². The Kier molecular flexibility index (Phi) is 8.84. The molecule has 0 saturated carbocycles. The lowest BCUT2D eigenvalue weighted by molar-refractivity contribution is 0.332. The lowest BCUT2D eigenvalue weighted by atomic mass is 9.35. The van der Waals surface area contributed by atoms with Crippen molar-refractivity contribution in [2.75, 3.05) is 9.80 Å². The van der Waals surface area contributed by atoms with Crippen LogP contribution in [0.2, 0.25) is 0 Å². The Labute approximate surface area is 401 Å². The van der Waals surface area contributed by atoms with E-state index in [0.29, 0.717) is 0 Å². The van der Waals surface area contributed by atoms with Crippen molar-refractivity contribution >= 4 is 68.4 Å². The van der Waals surface area contributed by atoms with Crippen LogP contribution in [0.15, 0.2) is 114 Å². The van der Waals surface area contributed by atoms with Gasteiger partial charge in [-0.3, -0.25) is 0 Å². The van der Waals surface area contributed by atoms with Gasteiger partial charge in [-0.2, -0.15) is 0 Å². The number of anilines is 6. The van der Waals surface area contributed by atoms with Gasteiger partial charge in [-0.25, -0.2) is 0 Å². The Hall–Kier alpha value is -5.48. The molecule has 5 aliphatic rings. The highest BCUT2D eigenvalue weighted by Gasteiger charge is 2.50. The highest BCUT2D eigenvalue weighted by molar-refractivity contribution is 7.00. The smallest absolute Gasteiger partial charge is 0.297 e. The summed E-state index contributed by atoms with van der Waals surface area (Å²) in [6, 6.07) is 42.8. The standard InChI is InChI=1S/C63H69BN2O/c1-38-30-52-55-53(31-38)66(42-22-23-44-45(33-42)59(4,5)25-24-58(44,2)3)56-43-34-46-49(63(12,13)29-26-60(46,6)7)37-54(43)67-57(56)64(55)50-35-47-48(62(10,11)28-27-61(47,8)9)36-51(50)65(52)41-21-17-20-40(32-41)39-18-15-14-16-19-39/h14-23,30-37H,24-29H2,1-13H3. The first-order chi connectivity index (χ1) is 31.6. The maximum absolute atomic E-state index is 7.69. The SMILES string of the molecule is Cc1cc2c3c(c1)N(c1ccc4c(c1)C(C)(C)CCC4(C)C)c1c(oc4cc5c(cc14)C(C)(C)CCC5(C)C)B3c1cc3c(cc1N2c1cccc(-c2ccccc2)c1)C(C)(C)CCC3(C)C. The molecule has 7 aromatic rings. The second-order valence-electron chi connectivity index (χ2n) is 25.4. The summed E-state index contributed by atoms with van der Waals surface area (Å²) in [5, 5.41) is 1.23. The molecule has 0 N–H and O–H groups in total. The van der Waals surface area contributed by atoms with Crippen LogP contribution in [0.5, 0.6) is 0 Å². The lowest BCUT2D eigenvalue weighted by Crippen LogP contribution is -2.61. The Morgan fingerprint density at radius 1 is 0.433 bits per heavy atom. The summed E-state index contributed by atoms with van der Waals surface area (Å²) >= 11 is 0. The molecule has 0 amide bonds. The average Bonchev–Trinajstić information content (AvgIpc) is 3.66. The van der Waals surface area contributed by atoms with Crippen molar-refractivity contribution in [3.05, 3.63) is 148 Å². The summed E-state index contributed by atoms with van der Waals surface area (Å²) in [6.45, 7) is 31.7. The fourth-order valence-corrected chi connectivity index (χ4v) is 13.5. The van der Waals surface area contributed by atoms with Gasteiger partial charge in [0, 0.05) is 33.8 Å². The van der Waals surface area contributed by atoms with Crippen molar-refractivity contribution in [1.82, 2.24) is 0 Å². The molecule has 12 rings (SSSR count). The highest BCUT2D eigenvalue weighted by Crippen LogP contribution is 2.55. The molecular formula is C63H69BN2O. The molecule has 0 fully saturated rings. The lowest BCUT2D eigenvalue weighted by Gasteiger charge is -2.47. The predicted molar refractivity (Wildman–Crippen MR) is 286 cm³/mol. The zero-order valence-corrected chi connectivity index (χ0v) is 42.5. The third kappa shape index (κ3) is 6.22. The van der Waals surface area contributed by atoms with Crippen LogP contribution in [0, 0.1) is 6.92 Å². The molecule has 0 radical (unpaired) electrons. The number of fused-ring (bicyclic) bond motifs is 9. The van der Waals surface area contributed by atoms with E-state index in [-0.39, 0.29) is 39.2 Å². The van der Waals surface area contributed by atoms with E-state index in [4.69, 9.17) is 4.42 Å². The summed E-state index contributed by atoms with van der Waals surface area (Å²) in [7, 11) is 0. The van der Waals surface area contributed by atoms with Crippen molar-refractivity contribution < 1.29 is 4.42 Å². The van der Waals surface area contributed by atoms with Gasteiger partial charge in [0.1, 0.15) is 5.58 Å². The first kappa shape index (κ1) is 42.8. The summed E-state index contributed by atoms with van der Waals surface area (Å²) in [5.74, 6) is 0. The van der Waals surface area contributed by atoms with E-state index in [0.717, 1.165) is 36.9 Å². The first-order valence-electron chi connectivity index (χ1n) is 25.4. The molecular weight excluding hydrogens is 812 g/mol. The molecule has 6 aromatic carbocycles. The van der Waals surface area contributed by atoms with E-state index in [2.05, 4.69) is 209 Å². The number of nitrogens with zero attached hydrogens (tertiary/aromatic N) is 2. The predicted octanol–water partition coefficient (Wildman–Crippen LogP) is 15.5. The van der Waals surface area contributed by atoms with Gasteiger partial charge in [0.15, 0.2) is 0 Å². The molecule has 0 saturated heterocycles. The van der Waals surface area contributed by atoms with Crippen molar-refractivity contribution in [1.29, 1.82) is 0 Å². The van der Waals surface area contributed by atoms with Crippen molar-refractivity contribution in [2.45, 2.75) is 161 Å². The minimum absolute atomic E-state index is 0.0334. The van der Waals surface area contributed by atoms with Crippen molar-refractivity contribution in [2.24, 2.45) is 0 Å². The summed E-state index contributed by atoms with van der Waals surface area (Å²) in [6.07, 6.45) is 7.00. The Morgan fingerprint density at radius 2 is 0.940 bits per heavy atom. The van der Waals surface area contributed by atoms with Gasteiger partial charge < -0.3 is 14.2 Å². The third-order valence-corrected chi connectivity index (χ3v) is 18.1. The fourth-order valence-electron chi connectivity index (χ4n) is 13.5. The molecule has 0 unspecified atom stereocenters. The monoisotopic (exact) mass is 881 g/mol. The van der Waals surface area contributed by atoms with E-state index >= 15 is 0 Å². The van der Waals surface area contributed by atoms with Crippen LogP contribution in [0.4, 0.5) is 34.1 Å². The minimum atomic E-state index is -0.106. The number of benzene rings is 6. The maximum atomic E-state index is 7.69. The van der Waals surface area contributed by atoms with Gasteiger partial charge in [0.25, 0.3) is 6.71 Å². The van der Waals surface area contributed by atoms with Gasteiger partial charge in [-0.05, 0) is 194 Å². The van der Waals surface area contributed by atoms with Gasteiger partial charge in [0.2, 0.25) is 0 Å². The number of hydrogen-bond donors (Lipinski definition) is 0. The zero-order valence-electron chi connectivity index (χ0n) is 42.5. The molecule has 3 heterocycles. The van der Waals surface area contributed by atoms with E-state index in [1.165, 1.54) is 113 Å². The van der Waals surface area contributed by atoms with Crippen molar-refractivity contribution in [3.63, 3.8) is 0 Å². The maximum Gasteiger partial charge on any atom is 0.297 e. The van der Waals surface area contributed by atoms with Crippen molar-refractivity contribution in [3.8, 4) is 11.1 Å². The molecule has 3 nitrogen and oxygen atoms in total. The topological polar surface area (TPSA) is 19.6 Å². The summed E-state index contributed by atoms with van der Waals surface area (Å²) in [4.78, 5) is 5.26. The van der Waals surface area contributed by atoms with Crippen LogP contribution < -0.4 is 26.4 Å². The molecule has 0 bridgehead atoms. The Balaban J connectivity index is 1.21. The molecule has 67 heavy (non-hydrogen) atoms. The van der Waals surface area contributed by atoms with Crippen LogP contribution in [0.3, 0.4) is 0 Å². The molecule has 340 valence electrons. The minimum Gasteiger partial charge on any atom is -0.468 e. The Bertz CT molecular complexity index is 3230. The first-order valence-corrected chi connectivity index (χ1v) is 25.4. The third-order valence-electron chi connectivity index (χ3n) is 18.1. The zero-order chi connectivity index (χ0) is 47.0. The quantitative estimate of drug-likeness (QED) is 0.165. The van der Waals surface area contributed by atoms with E-state index < -0.39 is 0 Å². The fraction of sp³-hybridized carbons (Fsp3) is 0.397. The molecule has 4 heteroatoms. The normalized spacial score (nSPS) is 20.6. The van der Waals surface area contributed by atoms with Crippen LogP contribution in [-0.2, 0) is 32.5 Å². The van der Waals surface area contributed by atoms with Crippen LogP contribution in [0.1, 0.15) is 161 Å². The number of hydrogen-bond acceptors (Lipinski definition) is 3. The van der Waals surface area contributed by atoms with Crippen LogP contribution in [0.25, 0.3) is 22.1 Å². The number of furan rings is 1. The molecule has 0 atom stereocenters. The summed E-state index contributed by atoms with van der Waals surface area (Å²) in [5.41, 5.74) is 25.0. The highest BCUT2D eigenvalue weighted by atomic mass is 16.3. The summed E-state index contributed by atoms with van der Waals surface area (Å²) < 4.78 is 7.69. The average molecular weight is 881 g/mol. The van der Waals surface area contributed by atoms with E-state index in [1.807, 2.05) is 0 Å². The number of rotatable bonds is 3. The second kappa shape index (κ2) is 13.8.